The molecule has 6 heteroatoms. The Labute approximate surface area is 119 Å². The average Bonchev–Trinajstić information content (AvgIpc) is 2.41. The van der Waals surface area contributed by atoms with Crippen LogP contribution in [-0.4, -0.2) is 33.9 Å². The highest BCUT2D eigenvalue weighted by Crippen LogP contribution is 2.26. The molecule has 1 aliphatic rings. The van der Waals surface area contributed by atoms with Crippen LogP contribution in [0.2, 0.25) is 0 Å². The third kappa shape index (κ3) is 3.70. The Balaban J connectivity index is 2.10. The van der Waals surface area contributed by atoms with E-state index < -0.39 is 15.7 Å². The molecule has 112 valence electrons. The lowest BCUT2D eigenvalue weighted by Crippen LogP contribution is -2.29. The van der Waals surface area contributed by atoms with Gasteiger partial charge >= 0.3 is 0 Å². The highest BCUT2D eigenvalue weighted by molar-refractivity contribution is 7.90. The summed E-state index contributed by atoms with van der Waals surface area (Å²) in [6.45, 7) is 0. The molecule has 1 aromatic rings. The highest BCUT2D eigenvalue weighted by atomic mass is 32.2. The van der Waals surface area contributed by atoms with Crippen molar-refractivity contribution in [2.24, 2.45) is 0 Å². The fourth-order valence-corrected chi connectivity index (χ4v) is 3.16. The van der Waals surface area contributed by atoms with E-state index in [1.54, 1.807) is 7.11 Å². The summed E-state index contributed by atoms with van der Waals surface area (Å²) in [5, 5.41) is 3.11. The molecule has 0 bridgehead atoms. The van der Waals surface area contributed by atoms with Gasteiger partial charge in [-0.3, -0.25) is 0 Å². The Hall–Kier alpha value is -1.14. The average molecular weight is 301 g/mol. The van der Waals surface area contributed by atoms with E-state index in [4.69, 9.17) is 4.74 Å². The van der Waals surface area contributed by atoms with Crippen LogP contribution in [0.5, 0.6) is 0 Å². The van der Waals surface area contributed by atoms with Crippen LogP contribution in [-0.2, 0) is 14.6 Å². The summed E-state index contributed by atoms with van der Waals surface area (Å²) in [6, 6.07) is 4.01. The van der Waals surface area contributed by atoms with Crippen LogP contribution < -0.4 is 5.32 Å². The van der Waals surface area contributed by atoms with E-state index in [0.29, 0.717) is 0 Å². The standard InChI is InChI=1S/C14H20FNO3S/c1-19-11-5-3-10(4-6-11)16-14-9-12(20(2,17)18)7-8-13(14)15/h7-11,16H,3-6H2,1-2H3. The van der Waals surface area contributed by atoms with E-state index in [-0.39, 0.29) is 22.7 Å². The maximum absolute atomic E-state index is 13.8. The molecule has 1 N–H and O–H groups in total. The second-order valence-corrected chi connectivity index (χ2v) is 7.28. The first kappa shape index (κ1) is 15.3. The van der Waals surface area contributed by atoms with E-state index in [1.165, 1.54) is 18.2 Å². The summed E-state index contributed by atoms with van der Waals surface area (Å²) in [6.07, 6.45) is 5.04. The lowest BCUT2D eigenvalue weighted by molar-refractivity contribution is 0.0681. The number of anilines is 1. The minimum atomic E-state index is -3.32. The van der Waals surface area contributed by atoms with Crippen molar-refractivity contribution < 1.29 is 17.5 Å². The molecule has 0 aromatic heterocycles. The zero-order valence-corrected chi connectivity index (χ0v) is 12.5. The second kappa shape index (κ2) is 6.10. The molecular formula is C14H20FNO3S. The molecular weight excluding hydrogens is 281 g/mol. The van der Waals surface area contributed by atoms with E-state index in [2.05, 4.69) is 5.32 Å². The fourth-order valence-electron chi connectivity index (χ4n) is 2.51. The molecule has 1 saturated carbocycles. The van der Waals surface area contributed by atoms with Gasteiger partial charge in [0.1, 0.15) is 5.82 Å². The molecule has 1 fully saturated rings. The molecule has 20 heavy (non-hydrogen) atoms. The normalized spacial score (nSPS) is 23.6. The van der Waals surface area contributed by atoms with Crippen molar-refractivity contribution >= 4 is 15.5 Å². The van der Waals surface area contributed by atoms with Crippen LogP contribution in [0.15, 0.2) is 23.1 Å². The minimum Gasteiger partial charge on any atom is -0.381 e. The maximum Gasteiger partial charge on any atom is 0.175 e. The summed E-state index contributed by atoms with van der Waals surface area (Å²) < 4.78 is 42.1. The van der Waals surface area contributed by atoms with Crippen molar-refractivity contribution in [3.8, 4) is 0 Å². The Morgan fingerprint density at radius 2 is 1.90 bits per heavy atom. The first-order chi connectivity index (χ1) is 9.40. The molecule has 0 unspecified atom stereocenters. The van der Waals surface area contributed by atoms with E-state index in [9.17, 15) is 12.8 Å². The van der Waals surface area contributed by atoms with Crippen molar-refractivity contribution in [1.29, 1.82) is 0 Å². The molecule has 4 nitrogen and oxygen atoms in total. The summed E-state index contributed by atoms with van der Waals surface area (Å²) >= 11 is 0. The third-order valence-corrected chi connectivity index (χ3v) is 4.84. The number of nitrogens with one attached hydrogen (secondary N) is 1. The van der Waals surface area contributed by atoms with Crippen molar-refractivity contribution in [3.05, 3.63) is 24.0 Å². The zero-order chi connectivity index (χ0) is 14.8. The van der Waals surface area contributed by atoms with Crippen LogP contribution >= 0.6 is 0 Å². The Morgan fingerprint density at radius 3 is 2.45 bits per heavy atom. The summed E-state index contributed by atoms with van der Waals surface area (Å²) in [5.41, 5.74) is 0.258. The zero-order valence-electron chi connectivity index (χ0n) is 11.7. The van der Waals surface area contributed by atoms with E-state index >= 15 is 0 Å². The molecule has 1 aromatic carbocycles. The van der Waals surface area contributed by atoms with Gasteiger partial charge in [-0.1, -0.05) is 0 Å². The Morgan fingerprint density at radius 1 is 1.25 bits per heavy atom. The molecule has 2 rings (SSSR count). The summed E-state index contributed by atoms with van der Waals surface area (Å²) in [4.78, 5) is 0.131. The van der Waals surface area contributed by atoms with Crippen LogP contribution in [0.25, 0.3) is 0 Å². The van der Waals surface area contributed by atoms with Gasteiger partial charge in [0.25, 0.3) is 0 Å². The monoisotopic (exact) mass is 301 g/mol. The number of sulfone groups is 1. The second-order valence-electron chi connectivity index (χ2n) is 5.27. The lowest BCUT2D eigenvalue weighted by atomic mass is 9.93. The molecule has 0 atom stereocenters. The first-order valence-corrected chi connectivity index (χ1v) is 8.58. The number of methoxy groups -OCH3 is 1. The predicted molar refractivity (Wildman–Crippen MR) is 76.2 cm³/mol. The molecule has 0 heterocycles. The Kier molecular flexibility index (Phi) is 4.65. The lowest BCUT2D eigenvalue weighted by Gasteiger charge is -2.29. The third-order valence-electron chi connectivity index (χ3n) is 3.73. The topological polar surface area (TPSA) is 55.4 Å². The summed E-state index contributed by atoms with van der Waals surface area (Å²) in [7, 11) is -1.62. The van der Waals surface area contributed by atoms with Crippen LogP contribution in [0.4, 0.5) is 10.1 Å². The van der Waals surface area contributed by atoms with Crippen LogP contribution in [0.3, 0.4) is 0 Å². The summed E-state index contributed by atoms with van der Waals surface area (Å²) in [5.74, 6) is -0.425. The van der Waals surface area contributed by atoms with E-state index in [1.807, 2.05) is 0 Å². The number of rotatable bonds is 4. The van der Waals surface area contributed by atoms with Crippen molar-refractivity contribution in [2.45, 2.75) is 42.7 Å². The predicted octanol–water partition coefficient (Wildman–Crippen LogP) is 2.60. The SMILES string of the molecule is COC1CCC(Nc2cc(S(C)(=O)=O)ccc2F)CC1. The Bertz CT molecular complexity index is 566. The smallest absolute Gasteiger partial charge is 0.175 e. The van der Waals surface area contributed by atoms with Gasteiger partial charge in [-0.15, -0.1) is 0 Å². The highest BCUT2D eigenvalue weighted by Gasteiger charge is 2.22. The number of ether oxygens (including phenoxy) is 1. The molecule has 0 radical (unpaired) electrons. The maximum atomic E-state index is 13.8. The van der Waals surface area contributed by atoms with Gasteiger partial charge in [0.2, 0.25) is 0 Å². The van der Waals surface area contributed by atoms with Crippen LogP contribution in [0, 0.1) is 5.82 Å². The first-order valence-electron chi connectivity index (χ1n) is 6.69. The van der Waals surface area contributed by atoms with Gasteiger partial charge in [-0.25, -0.2) is 12.8 Å². The van der Waals surface area contributed by atoms with Gasteiger partial charge in [0, 0.05) is 19.4 Å². The van der Waals surface area contributed by atoms with Gasteiger partial charge in [-0.2, -0.15) is 0 Å². The van der Waals surface area contributed by atoms with Crippen molar-refractivity contribution in [3.63, 3.8) is 0 Å². The largest absolute Gasteiger partial charge is 0.381 e. The van der Waals surface area contributed by atoms with Gasteiger partial charge < -0.3 is 10.1 Å². The van der Waals surface area contributed by atoms with Crippen molar-refractivity contribution in [1.82, 2.24) is 0 Å². The minimum absolute atomic E-state index is 0.131. The number of benzene rings is 1. The fraction of sp³-hybridized carbons (Fsp3) is 0.571. The quantitative estimate of drug-likeness (QED) is 0.869. The number of halogens is 1. The molecule has 0 spiro atoms. The molecule has 0 aliphatic heterocycles. The van der Waals surface area contributed by atoms with Gasteiger partial charge in [0.15, 0.2) is 9.84 Å². The van der Waals surface area contributed by atoms with Crippen LogP contribution in [0.1, 0.15) is 25.7 Å². The van der Waals surface area contributed by atoms with Crippen molar-refractivity contribution in [2.75, 3.05) is 18.7 Å². The number of hydrogen-bond donors (Lipinski definition) is 1. The molecule has 1 aliphatic carbocycles. The molecule has 0 saturated heterocycles. The number of hydrogen-bond acceptors (Lipinski definition) is 4. The van der Waals surface area contributed by atoms with Gasteiger partial charge in [-0.05, 0) is 43.9 Å². The van der Waals surface area contributed by atoms with Gasteiger partial charge in [0.05, 0.1) is 16.7 Å². The van der Waals surface area contributed by atoms with E-state index in [0.717, 1.165) is 31.9 Å². The molecule has 0 amide bonds.